The van der Waals surface area contributed by atoms with Crippen LogP contribution in [0.5, 0.6) is 0 Å². The van der Waals surface area contributed by atoms with Gasteiger partial charge in [-0.2, -0.15) is 22.5 Å². The van der Waals surface area contributed by atoms with E-state index < -0.39 is 17.9 Å². The lowest BCUT2D eigenvalue weighted by molar-refractivity contribution is -0.143. The number of carbonyl (C=O) groups is 1. The zero-order valence-electron chi connectivity index (χ0n) is 11.9. The van der Waals surface area contributed by atoms with Gasteiger partial charge in [0.2, 0.25) is 0 Å². The molecule has 2 rings (SSSR count). The van der Waals surface area contributed by atoms with E-state index in [1.165, 1.54) is 6.20 Å². The molecule has 0 aliphatic carbocycles. The molecule has 0 aliphatic heterocycles. The van der Waals surface area contributed by atoms with Crippen molar-refractivity contribution in [3.05, 3.63) is 23.8 Å². The number of halogens is 3. The molecule has 0 spiro atoms. The molecule has 0 atom stereocenters. The van der Waals surface area contributed by atoms with E-state index in [9.17, 15) is 18.0 Å². The fourth-order valence-electron chi connectivity index (χ4n) is 2.03. The van der Waals surface area contributed by atoms with Crippen LogP contribution < -0.4 is 0 Å². The first-order valence-corrected chi connectivity index (χ1v) is 6.88. The van der Waals surface area contributed by atoms with E-state index in [2.05, 4.69) is 20.6 Å². The van der Waals surface area contributed by atoms with Gasteiger partial charge in [-0.1, -0.05) is 36.6 Å². The molecule has 22 heavy (non-hydrogen) atoms. The van der Waals surface area contributed by atoms with Gasteiger partial charge in [0, 0.05) is 0 Å². The van der Waals surface area contributed by atoms with E-state index in [4.69, 9.17) is 0 Å². The number of nitrogens with zero attached hydrogens (tertiary/aromatic N) is 6. The van der Waals surface area contributed by atoms with Crippen LogP contribution in [0.1, 0.15) is 44.0 Å². The molecular formula is C12H15F3N6O. The maximum atomic E-state index is 13.2. The van der Waals surface area contributed by atoms with Crippen LogP contribution in [-0.4, -0.2) is 36.0 Å². The summed E-state index contributed by atoms with van der Waals surface area (Å²) in [7, 11) is 0. The Labute approximate surface area is 124 Å². The zero-order valence-corrected chi connectivity index (χ0v) is 11.9. The largest absolute Gasteiger partial charge is 0.435 e. The van der Waals surface area contributed by atoms with Crippen molar-refractivity contribution in [2.45, 2.75) is 45.2 Å². The highest BCUT2D eigenvalue weighted by Crippen LogP contribution is 2.31. The number of alkyl halides is 3. The molecule has 2 aromatic rings. The normalized spacial score (nSPS) is 11.8. The van der Waals surface area contributed by atoms with Gasteiger partial charge in [-0.05, 0) is 12.8 Å². The Morgan fingerprint density at radius 3 is 2.59 bits per heavy atom. The maximum absolute atomic E-state index is 13.2. The molecule has 0 saturated carbocycles. The number of aryl methyl sites for hydroxylation is 1. The van der Waals surface area contributed by atoms with Crippen molar-refractivity contribution in [3.8, 4) is 0 Å². The third-order valence-corrected chi connectivity index (χ3v) is 3.08. The maximum Gasteiger partial charge on any atom is 0.435 e. The second kappa shape index (κ2) is 6.67. The van der Waals surface area contributed by atoms with Crippen molar-refractivity contribution in [1.82, 2.24) is 30.0 Å². The summed E-state index contributed by atoms with van der Waals surface area (Å²) in [6, 6.07) is -1.07. The monoisotopic (exact) mass is 316 g/mol. The molecule has 7 nitrogen and oxygen atoms in total. The SMILES string of the molecule is CCCCCCc1nnn(C(=O)n2ccnn2)c1C(F)(F)F. The Bertz CT molecular complexity index is 619. The smallest absolute Gasteiger partial charge is 0.243 e. The molecule has 2 heterocycles. The summed E-state index contributed by atoms with van der Waals surface area (Å²) in [5.41, 5.74) is -1.37. The minimum atomic E-state index is -4.72. The summed E-state index contributed by atoms with van der Waals surface area (Å²) in [6.07, 6.45) is 1.01. The summed E-state index contributed by atoms with van der Waals surface area (Å²) in [5, 5.41) is 13.6. The lowest BCUT2D eigenvalue weighted by atomic mass is 10.1. The average Bonchev–Trinajstić information content (AvgIpc) is 3.11. The summed E-state index contributed by atoms with van der Waals surface area (Å²) in [5.74, 6) is 0. The predicted molar refractivity (Wildman–Crippen MR) is 69.1 cm³/mol. The highest BCUT2D eigenvalue weighted by atomic mass is 19.4. The van der Waals surface area contributed by atoms with Crippen LogP contribution in [0.4, 0.5) is 18.0 Å². The Hall–Kier alpha value is -2.26. The fraction of sp³-hybridized carbons (Fsp3) is 0.583. The molecule has 0 unspecified atom stereocenters. The number of unbranched alkanes of at least 4 members (excludes halogenated alkanes) is 3. The minimum Gasteiger partial charge on any atom is -0.243 e. The van der Waals surface area contributed by atoms with Crippen molar-refractivity contribution in [3.63, 3.8) is 0 Å². The van der Waals surface area contributed by atoms with Crippen LogP contribution in [0.25, 0.3) is 0 Å². The number of hydrogen-bond acceptors (Lipinski definition) is 5. The van der Waals surface area contributed by atoms with Crippen LogP contribution in [0.2, 0.25) is 0 Å². The molecule has 0 radical (unpaired) electrons. The van der Waals surface area contributed by atoms with Crippen LogP contribution in [0.15, 0.2) is 12.4 Å². The van der Waals surface area contributed by atoms with E-state index in [1.54, 1.807) is 0 Å². The van der Waals surface area contributed by atoms with Crippen molar-refractivity contribution in [2.75, 3.05) is 0 Å². The number of rotatable bonds is 5. The van der Waals surface area contributed by atoms with Crippen LogP contribution >= 0.6 is 0 Å². The van der Waals surface area contributed by atoms with Crippen molar-refractivity contribution in [2.24, 2.45) is 0 Å². The van der Waals surface area contributed by atoms with E-state index in [0.717, 1.165) is 25.5 Å². The van der Waals surface area contributed by atoms with E-state index >= 15 is 0 Å². The van der Waals surface area contributed by atoms with Gasteiger partial charge in [0.25, 0.3) is 0 Å². The highest BCUT2D eigenvalue weighted by Gasteiger charge is 2.41. The van der Waals surface area contributed by atoms with Gasteiger partial charge in [0.1, 0.15) is 0 Å². The molecule has 120 valence electrons. The topological polar surface area (TPSA) is 78.5 Å². The molecule has 10 heteroatoms. The lowest BCUT2D eigenvalue weighted by Gasteiger charge is -2.09. The van der Waals surface area contributed by atoms with Crippen molar-refractivity contribution in [1.29, 1.82) is 0 Å². The molecule has 0 aliphatic rings. The predicted octanol–water partition coefficient (Wildman–Crippen LogP) is 2.53. The molecule has 0 aromatic carbocycles. The Kier molecular flexibility index (Phi) is 4.88. The van der Waals surface area contributed by atoms with Gasteiger partial charge in [0.05, 0.1) is 18.1 Å². The highest BCUT2D eigenvalue weighted by molar-refractivity contribution is 5.78. The van der Waals surface area contributed by atoms with Gasteiger partial charge >= 0.3 is 12.2 Å². The Morgan fingerprint density at radius 2 is 2.00 bits per heavy atom. The number of hydrogen-bond donors (Lipinski definition) is 0. The van der Waals surface area contributed by atoms with Crippen molar-refractivity contribution < 1.29 is 18.0 Å². The molecule has 2 aromatic heterocycles. The van der Waals surface area contributed by atoms with Gasteiger partial charge in [-0.15, -0.1) is 10.2 Å². The first-order chi connectivity index (χ1) is 10.4. The first kappa shape index (κ1) is 16.1. The van der Waals surface area contributed by atoms with E-state index in [1.807, 2.05) is 6.92 Å². The molecule has 0 saturated heterocycles. The number of carbonyl (C=O) groups excluding carboxylic acids is 1. The van der Waals surface area contributed by atoms with E-state index in [-0.39, 0.29) is 16.8 Å². The summed E-state index contributed by atoms with van der Waals surface area (Å²) in [6.45, 7) is 2.01. The third-order valence-electron chi connectivity index (χ3n) is 3.08. The molecular weight excluding hydrogens is 301 g/mol. The Morgan fingerprint density at radius 1 is 1.23 bits per heavy atom. The van der Waals surface area contributed by atoms with Gasteiger partial charge in [-0.25, -0.2) is 4.79 Å². The Balaban J connectivity index is 2.27. The number of aromatic nitrogens is 6. The van der Waals surface area contributed by atoms with Crippen LogP contribution in [0.3, 0.4) is 0 Å². The summed E-state index contributed by atoms with van der Waals surface area (Å²) >= 11 is 0. The molecule has 0 N–H and O–H groups in total. The quantitative estimate of drug-likeness (QED) is 0.792. The lowest BCUT2D eigenvalue weighted by Crippen LogP contribution is -2.27. The van der Waals surface area contributed by atoms with Gasteiger partial charge in [-0.3, -0.25) is 0 Å². The fourth-order valence-corrected chi connectivity index (χ4v) is 2.03. The van der Waals surface area contributed by atoms with Gasteiger partial charge < -0.3 is 0 Å². The second-order valence-electron chi connectivity index (χ2n) is 4.74. The van der Waals surface area contributed by atoms with Crippen molar-refractivity contribution >= 4 is 6.03 Å². The van der Waals surface area contributed by atoms with E-state index in [0.29, 0.717) is 11.1 Å². The van der Waals surface area contributed by atoms with Crippen LogP contribution in [0, 0.1) is 0 Å². The standard InChI is InChI=1S/C12H15F3N6O/c1-2-3-4-5-6-9-10(12(13,14)15)21(19-17-9)11(22)20-8-7-16-18-20/h7-8H,2-6H2,1H3. The third kappa shape index (κ3) is 3.49. The zero-order chi connectivity index (χ0) is 16.2. The minimum absolute atomic E-state index is 0.124. The first-order valence-electron chi connectivity index (χ1n) is 6.88. The van der Waals surface area contributed by atoms with Crippen LogP contribution in [-0.2, 0) is 12.6 Å². The average molecular weight is 316 g/mol. The summed E-state index contributed by atoms with van der Waals surface area (Å²) < 4.78 is 40.6. The second-order valence-corrected chi connectivity index (χ2v) is 4.74. The molecule has 0 amide bonds. The summed E-state index contributed by atoms with van der Waals surface area (Å²) in [4.78, 5) is 12.0. The molecule has 0 fully saturated rings. The molecule has 0 bridgehead atoms. The van der Waals surface area contributed by atoms with Gasteiger partial charge in [0.15, 0.2) is 5.69 Å².